The largest absolute Gasteiger partial charge is 0.391 e. The number of ketones is 1. The van der Waals surface area contributed by atoms with Crippen LogP contribution in [0.4, 0.5) is 24.7 Å². The highest BCUT2D eigenvalue weighted by Gasteiger charge is 2.43. The summed E-state index contributed by atoms with van der Waals surface area (Å²) >= 11 is 1.61. The molecule has 4 saturated heterocycles. The van der Waals surface area contributed by atoms with E-state index in [1.165, 1.54) is 6.20 Å². The van der Waals surface area contributed by atoms with Crippen LogP contribution in [0.25, 0.3) is 32.6 Å². The second-order valence-electron chi connectivity index (χ2n) is 22.8. The number of piperazine rings is 1. The number of halogens is 3. The van der Waals surface area contributed by atoms with Gasteiger partial charge in [-0.2, -0.15) is 12.7 Å². The number of amides is 2. The van der Waals surface area contributed by atoms with Gasteiger partial charge in [0.15, 0.2) is 5.82 Å². The quantitative estimate of drug-likeness (QED) is 0.0556. The highest BCUT2D eigenvalue weighted by Crippen LogP contribution is 2.33. The Morgan fingerprint density at radius 2 is 1.62 bits per heavy atom. The first-order chi connectivity index (χ1) is 38.7. The Hall–Kier alpha value is -6.76. The van der Waals surface area contributed by atoms with Crippen LogP contribution in [-0.4, -0.2) is 166 Å². The Bertz CT molecular complexity index is 3390. The minimum absolute atomic E-state index is 0.00580. The second kappa shape index (κ2) is 24.0. The number of carbonyl (C=O) groups is 3. The SMILES string of the molecule is C=C(NCc1ccc(-c2scnc2C)cc1)[C@@H]1C[C@@H](O)CN1C(=O)[C@@H](NC(=O)CN1CCC(CN2CCN(c3ccc(-c4cnc5[nH]cc(C(=O)c6c(F)ccc(NS(=O)(=O)N7CC[C@@H](F)C7)c6F)c5c4)cn3)CC2)CC1)C(C)(C)C. The summed E-state index contributed by atoms with van der Waals surface area (Å²) in [6.07, 6.45) is 4.79. The number of hydrogen-bond donors (Lipinski definition) is 5. The number of alkyl halides is 1. The normalized spacial score (nSPS) is 20.2. The van der Waals surface area contributed by atoms with E-state index in [9.17, 15) is 32.3 Å². The molecule has 2 amide bonds. The van der Waals surface area contributed by atoms with E-state index in [1.54, 1.807) is 34.7 Å². The number of pyridine rings is 2. The Balaban J connectivity index is 0.678. The van der Waals surface area contributed by atoms with Gasteiger partial charge in [0.25, 0.3) is 0 Å². The van der Waals surface area contributed by atoms with E-state index in [0.717, 1.165) is 103 Å². The number of benzene rings is 2. The Kier molecular flexibility index (Phi) is 17.0. The number of anilines is 2. The zero-order valence-corrected chi connectivity index (χ0v) is 47.6. The first-order valence-electron chi connectivity index (χ1n) is 27.5. The number of thiazole rings is 1. The van der Waals surface area contributed by atoms with Crippen LogP contribution in [0, 0.1) is 29.9 Å². The van der Waals surface area contributed by atoms with Crippen LogP contribution in [0.3, 0.4) is 0 Å². The maximum absolute atomic E-state index is 15.8. The summed E-state index contributed by atoms with van der Waals surface area (Å²) in [6.45, 7) is 18.2. The molecule has 23 heteroatoms. The van der Waals surface area contributed by atoms with Crippen LogP contribution in [0.2, 0.25) is 0 Å². The first kappa shape index (κ1) is 57.5. The number of H-pyrrole nitrogens is 1. The molecule has 4 atom stereocenters. The lowest BCUT2D eigenvalue weighted by Gasteiger charge is -2.39. The van der Waals surface area contributed by atoms with Crippen molar-refractivity contribution in [1.82, 2.24) is 49.6 Å². The molecular formula is C58H69F3N12O6S2. The van der Waals surface area contributed by atoms with E-state index in [1.807, 2.05) is 50.1 Å². The molecule has 0 spiro atoms. The molecule has 4 aliphatic heterocycles. The number of rotatable bonds is 18. The Labute approximate surface area is 474 Å². The summed E-state index contributed by atoms with van der Waals surface area (Å²) in [5.74, 6) is -2.77. The topological polar surface area (TPSA) is 212 Å². The number of piperidine rings is 1. The van der Waals surface area contributed by atoms with E-state index in [4.69, 9.17) is 4.98 Å². The fraction of sp³-hybridized carbons (Fsp3) is 0.448. The number of hydrogen-bond acceptors (Lipinski definition) is 14. The van der Waals surface area contributed by atoms with Gasteiger partial charge in [0.1, 0.15) is 29.5 Å². The van der Waals surface area contributed by atoms with Crippen molar-refractivity contribution in [3.05, 3.63) is 125 Å². The van der Waals surface area contributed by atoms with E-state index in [-0.39, 0.29) is 43.4 Å². The van der Waals surface area contributed by atoms with Crippen molar-refractivity contribution in [1.29, 1.82) is 0 Å². The molecule has 4 aromatic heterocycles. The fourth-order valence-corrected chi connectivity index (χ4v) is 13.4. The maximum atomic E-state index is 15.8. The molecule has 0 aliphatic carbocycles. The van der Waals surface area contributed by atoms with Gasteiger partial charge in [-0.1, -0.05) is 51.6 Å². The number of β-amino-alcohol motifs (C(OH)–C–C–N with tert-alkyl or cyclic N) is 1. The zero-order chi connectivity index (χ0) is 57.3. The molecule has 2 aromatic carbocycles. The summed E-state index contributed by atoms with van der Waals surface area (Å²) < 4.78 is 73.4. The minimum atomic E-state index is -4.37. The average molecular weight is 1150 g/mol. The smallest absolute Gasteiger partial charge is 0.301 e. The molecule has 18 nitrogen and oxygen atoms in total. The number of aliphatic hydroxyl groups is 1. The van der Waals surface area contributed by atoms with Crippen molar-refractivity contribution in [3.63, 3.8) is 0 Å². The molecule has 8 heterocycles. The van der Waals surface area contributed by atoms with Crippen LogP contribution in [0.1, 0.15) is 73.6 Å². The number of aryl methyl sites for hydroxylation is 1. The first-order valence-corrected chi connectivity index (χ1v) is 29.8. The van der Waals surface area contributed by atoms with Gasteiger partial charge < -0.3 is 30.5 Å². The lowest BCUT2D eigenvalue weighted by Crippen LogP contribution is -2.58. The van der Waals surface area contributed by atoms with Crippen molar-refractivity contribution in [2.24, 2.45) is 11.3 Å². The summed E-state index contributed by atoms with van der Waals surface area (Å²) in [6, 6.07) is 14.2. The molecule has 6 aromatic rings. The van der Waals surface area contributed by atoms with Gasteiger partial charge >= 0.3 is 10.2 Å². The van der Waals surface area contributed by atoms with Crippen LogP contribution in [-0.2, 0) is 26.3 Å². The molecule has 10 rings (SSSR count). The third kappa shape index (κ3) is 13.0. The van der Waals surface area contributed by atoms with Gasteiger partial charge in [-0.15, -0.1) is 11.3 Å². The molecule has 0 saturated carbocycles. The van der Waals surface area contributed by atoms with Crippen molar-refractivity contribution in [3.8, 4) is 21.6 Å². The molecule has 4 fully saturated rings. The summed E-state index contributed by atoms with van der Waals surface area (Å²) in [5, 5.41) is 17.6. The van der Waals surface area contributed by atoms with Gasteiger partial charge in [0.2, 0.25) is 17.6 Å². The summed E-state index contributed by atoms with van der Waals surface area (Å²) in [4.78, 5) is 68.0. The predicted molar refractivity (Wildman–Crippen MR) is 306 cm³/mol. The van der Waals surface area contributed by atoms with E-state index < -0.39 is 75.2 Å². The number of aromatic amines is 1. The number of aromatic nitrogens is 4. The number of likely N-dealkylation sites (tertiary alicyclic amines) is 2. The van der Waals surface area contributed by atoms with Crippen molar-refractivity contribution in [2.75, 3.05) is 81.6 Å². The number of aliphatic hydroxyl groups excluding tert-OH is 1. The number of nitrogens with zero attached hydrogens (tertiary/aromatic N) is 8. The van der Waals surface area contributed by atoms with Crippen LogP contribution >= 0.6 is 11.3 Å². The monoisotopic (exact) mass is 1150 g/mol. The average Bonchev–Trinajstić information content (AvgIpc) is 4.50. The fourth-order valence-electron chi connectivity index (χ4n) is 11.3. The molecule has 0 bridgehead atoms. The highest BCUT2D eigenvalue weighted by molar-refractivity contribution is 7.90. The lowest BCUT2D eigenvalue weighted by atomic mass is 9.85. The standard InChI is InChI=1S/C58H69F3N12O6S2/c1-35(62-26-37-6-8-39(9-7-37)54-36(2)66-34-80-54)48-25-43(74)32-73(48)57(77)55(58(3,4)5)67-50(75)33-69-17-14-38(15-18-69)30-70-20-22-71(23-21-70)49-13-10-40(27-63-49)41-24-44-45(29-65-56(44)64-28-41)53(76)51-46(60)11-12-47(52(51)61)68-81(78,79)72-19-16-42(59)31-72/h6-13,24,27-29,34,38,42-43,48,55,62,68,74H,1,14-23,25-26,30-33H2,2-5H3,(H,64,65)(H,67,75)/t42-,43-,48+,55-/m1/s1. The number of nitrogens with one attached hydrogen (secondary N) is 4. The predicted octanol–water partition coefficient (Wildman–Crippen LogP) is 6.90. The lowest BCUT2D eigenvalue weighted by molar-refractivity contribution is -0.140. The van der Waals surface area contributed by atoms with Crippen molar-refractivity contribution in [2.45, 2.75) is 84.3 Å². The molecule has 4 aliphatic rings. The highest BCUT2D eigenvalue weighted by atomic mass is 32.2. The van der Waals surface area contributed by atoms with Crippen molar-refractivity contribution >= 4 is 61.7 Å². The maximum Gasteiger partial charge on any atom is 0.301 e. The van der Waals surface area contributed by atoms with E-state index >= 15 is 8.78 Å². The third-order valence-corrected chi connectivity index (χ3v) is 18.5. The number of fused-ring (bicyclic) bond motifs is 1. The minimum Gasteiger partial charge on any atom is -0.391 e. The van der Waals surface area contributed by atoms with E-state index in [0.29, 0.717) is 46.7 Å². The van der Waals surface area contributed by atoms with Gasteiger partial charge in [0, 0.05) is 112 Å². The van der Waals surface area contributed by atoms with Gasteiger partial charge in [0.05, 0.1) is 46.0 Å². The Morgan fingerprint density at radius 3 is 2.28 bits per heavy atom. The third-order valence-electron chi connectivity index (χ3n) is 16.0. The Morgan fingerprint density at radius 1 is 0.889 bits per heavy atom. The molecular weight excluding hydrogens is 1080 g/mol. The van der Waals surface area contributed by atoms with Gasteiger partial charge in [-0.3, -0.25) is 28.9 Å². The van der Waals surface area contributed by atoms with Gasteiger partial charge in [-0.05, 0) is 92.1 Å². The van der Waals surface area contributed by atoms with Crippen LogP contribution < -0.4 is 20.3 Å². The number of carbonyl (C=O) groups excluding carboxylic acids is 3. The van der Waals surface area contributed by atoms with Crippen molar-refractivity contribution < 1.29 is 41.1 Å². The summed E-state index contributed by atoms with van der Waals surface area (Å²) in [5.41, 5.74) is 4.99. The zero-order valence-electron chi connectivity index (χ0n) is 45.9. The second-order valence-corrected chi connectivity index (χ2v) is 25.3. The molecule has 0 unspecified atom stereocenters. The molecule has 430 valence electrons. The van der Waals surface area contributed by atoms with Crippen LogP contribution in [0.15, 0.2) is 91.0 Å². The molecule has 81 heavy (non-hydrogen) atoms. The van der Waals surface area contributed by atoms with E-state index in [2.05, 4.69) is 71.1 Å². The molecule has 5 N–H and O–H groups in total. The molecule has 0 radical (unpaired) electrons. The summed E-state index contributed by atoms with van der Waals surface area (Å²) in [7, 11) is -4.37. The van der Waals surface area contributed by atoms with Crippen LogP contribution in [0.5, 0.6) is 0 Å². The van der Waals surface area contributed by atoms with Gasteiger partial charge in [-0.25, -0.2) is 28.1 Å².